The molecule has 1 aromatic heterocycles. The molecule has 0 saturated heterocycles. The van der Waals surface area contributed by atoms with Gasteiger partial charge in [0.2, 0.25) is 5.91 Å². The van der Waals surface area contributed by atoms with E-state index in [2.05, 4.69) is 4.98 Å². The van der Waals surface area contributed by atoms with Gasteiger partial charge in [0.1, 0.15) is 0 Å². The first-order valence-electron chi connectivity index (χ1n) is 8.62. The van der Waals surface area contributed by atoms with Crippen molar-refractivity contribution in [3.05, 3.63) is 70.3 Å². The summed E-state index contributed by atoms with van der Waals surface area (Å²) in [5.41, 5.74) is 1.61. The van der Waals surface area contributed by atoms with Gasteiger partial charge < -0.3 is 4.90 Å². The third-order valence-electron chi connectivity index (χ3n) is 4.45. The second kappa shape index (κ2) is 7.65. The van der Waals surface area contributed by atoms with Crippen LogP contribution in [-0.4, -0.2) is 22.0 Å². The fourth-order valence-corrected chi connectivity index (χ4v) is 3.00. The number of benzene rings is 2. The Labute approximate surface area is 154 Å². The van der Waals surface area contributed by atoms with Crippen molar-refractivity contribution >= 4 is 22.5 Å². The highest BCUT2D eigenvalue weighted by Crippen LogP contribution is 2.19. The first kappa shape index (κ1) is 18.7. The van der Waals surface area contributed by atoms with Crippen molar-refractivity contribution < 1.29 is 13.6 Å². The van der Waals surface area contributed by atoms with Crippen molar-refractivity contribution in [2.45, 2.75) is 26.8 Å². The van der Waals surface area contributed by atoms with E-state index in [1.807, 2.05) is 13.0 Å². The van der Waals surface area contributed by atoms with E-state index in [-0.39, 0.29) is 30.1 Å². The van der Waals surface area contributed by atoms with Crippen LogP contribution < -0.4 is 10.5 Å². The second-order valence-corrected chi connectivity index (χ2v) is 6.20. The number of carbonyl (C=O) groups excluding carboxylic acids is 1. The normalized spacial score (nSPS) is 11.0. The fraction of sp³-hybridized carbons (Fsp3) is 0.250. The van der Waals surface area contributed by atoms with Gasteiger partial charge in [-0.1, -0.05) is 12.1 Å². The van der Waals surface area contributed by atoms with Crippen molar-refractivity contribution in [1.29, 1.82) is 0 Å². The van der Waals surface area contributed by atoms with Gasteiger partial charge in [0, 0.05) is 31.3 Å². The average molecular weight is 371 g/mol. The fourth-order valence-electron chi connectivity index (χ4n) is 3.00. The number of fused-ring (bicyclic) bond motifs is 1. The van der Waals surface area contributed by atoms with Crippen LogP contribution in [0.5, 0.6) is 0 Å². The third-order valence-corrected chi connectivity index (χ3v) is 4.45. The molecule has 0 radical (unpaired) electrons. The van der Waals surface area contributed by atoms with Gasteiger partial charge in [-0.25, -0.2) is 13.8 Å². The summed E-state index contributed by atoms with van der Waals surface area (Å²) in [6.07, 6.45) is 1.46. The molecule has 0 atom stereocenters. The highest BCUT2D eigenvalue weighted by atomic mass is 19.2. The molecule has 3 rings (SSSR count). The van der Waals surface area contributed by atoms with Gasteiger partial charge in [-0.2, -0.15) is 0 Å². The summed E-state index contributed by atoms with van der Waals surface area (Å²) in [5.74, 6) is -2.27. The van der Waals surface area contributed by atoms with E-state index in [9.17, 15) is 18.4 Å². The van der Waals surface area contributed by atoms with E-state index in [1.54, 1.807) is 19.1 Å². The minimum atomic E-state index is -1.01. The first-order chi connectivity index (χ1) is 12.9. The van der Waals surface area contributed by atoms with Gasteiger partial charge in [0.25, 0.3) is 5.56 Å². The molecule has 27 heavy (non-hydrogen) atoms. The molecule has 0 aliphatic heterocycles. The Balaban J connectivity index is 1.80. The van der Waals surface area contributed by atoms with Gasteiger partial charge in [-0.15, -0.1) is 0 Å². The maximum absolute atomic E-state index is 13.5. The quantitative estimate of drug-likeness (QED) is 0.691. The number of aromatic nitrogens is 2. The number of hydrogen-bond acceptors (Lipinski definition) is 3. The number of para-hydroxylation sites is 1. The lowest BCUT2D eigenvalue weighted by molar-refractivity contribution is -0.118. The minimum Gasteiger partial charge on any atom is -0.313 e. The van der Waals surface area contributed by atoms with Crippen LogP contribution in [0.4, 0.5) is 14.5 Å². The van der Waals surface area contributed by atoms with Crippen LogP contribution in [0.15, 0.2) is 47.5 Å². The maximum Gasteiger partial charge on any atom is 0.261 e. The Bertz CT molecular complexity index is 1060. The number of nitrogens with zero attached hydrogens (tertiary/aromatic N) is 3. The number of aryl methyl sites for hydroxylation is 2. The zero-order valence-electron chi connectivity index (χ0n) is 15.1. The Morgan fingerprint density at radius 1 is 1.19 bits per heavy atom. The van der Waals surface area contributed by atoms with E-state index >= 15 is 0 Å². The van der Waals surface area contributed by atoms with Gasteiger partial charge >= 0.3 is 0 Å². The summed E-state index contributed by atoms with van der Waals surface area (Å²) in [4.78, 5) is 30.8. The van der Waals surface area contributed by atoms with Crippen LogP contribution in [0, 0.1) is 18.6 Å². The molecular weight excluding hydrogens is 352 g/mol. The summed E-state index contributed by atoms with van der Waals surface area (Å²) in [6, 6.07) is 8.70. The lowest BCUT2D eigenvalue weighted by atomic mass is 10.1. The molecule has 2 aromatic carbocycles. The van der Waals surface area contributed by atoms with E-state index in [4.69, 9.17) is 0 Å². The van der Waals surface area contributed by atoms with Crippen molar-refractivity contribution in [2.75, 3.05) is 11.4 Å². The molecule has 0 N–H and O–H groups in total. The zero-order valence-corrected chi connectivity index (χ0v) is 15.1. The van der Waals surface area contributed by atoms with Gasteiger partial charge in [0.05, 0.1) is 17.2 Å². The summed E-state index contributed by atoms with van der Waals surface area (Å²) >= 11 is 0. The molecule has 5 nitrogen and oxygen atoms in total. The summed E-state index contributed by atoms with van der Waals surface area (Å²) < 4.78 is 28.0. The number of carbonyl (C=O) groups is 1. The zero-order chi connectivity index (χ0) is 19.6. The predicted octanol–water partition coefficient (Wildman–Crippen LogP) is 3.43. The van der Waals surface area contributed by atoms with Crippen LogP contribution in [0.2, 0.25) is 0 Å². The number of amides is 1. The molecule has 0 aliphatic rings. The monoisotopic (exact) mass is 371 g/mol. The number of anilines is 1. The van der Waals surface area contributed by atoms with Gasteiger partial charge in [-0.3, -0.25) is 14.2 Å². The molecule has 140 valence electrons. The van der Waals surface area contributed by atoms with E-state index < -0.39 is 11.6 Å². The topological polar surface area (TPSA) is 55.2 Å². The minimum absolute atomic E-state index is 0.0335. The molecular formula is C20H19F2N3O2. The third kappa shape index (κ3) is 3.72. The number of rotatable bonds is 5. The van der Waals surface area contributed by atoms with E-state index in [0.29, 0.717) is 17.4 Å². The van der Waals surface area contributed by atoms with Crippen LogP contribution in [0.1, 0.15) is 18.9 Å². The Kier molecular flexibility index (Phi) is 5.30. The standard InChI is InChI=1S/C20H19F2N3O2/c1-3-25(14-7-8-16(21)17(22)11-14)18(26)9-10-24-12-23-19-13(2)5-4-6-15(19)20(24)27/h4-8,11-12H,3,9-10H2,1-2H3. The summed E-state index contributed by atoms with van der Waals surface area (Å²) in [6.45, 7) is 4.07. The average Bonchev–Trinajstić information content (AvgIpc) is 2.65. The van der Waals surface area contributed by atoms with E-state index in [1.165, 1.54) is 21.9 Å². The van der Waals surface area contributed by atoms with Gasteiger partial charge in [0.15, 0.2) is 11.6 Å². The highest BCUT2D eigenvalue weighted by Gasteiger charge is 2.16. The largest absolute Gasteiger partial charge is 0.313 e. The smallest absolute Gasteiger partial charge is 0.261 e. The Morgan fingerprint density at radius 2 is 1.96 bits per heavy atom. The Hall–Kier alpha value is -3.09. The molecule has 7 heteroatoms. The van der Waals surface area contributed by atoms with Crippen molar-refractivity contribution in [1.82, 2.24) is 9.55 Å². The number of hydrogen-bond donors (Lipinski definition) is 0. The molecule has 3 aromatic rings. The number of halogens is 2. The lowest BCUT2D eigenvalue weighted by Gasteiger charge is -2.21. The second-order valence-electron chi connectivity index (χ2n) is 6.20. The molecule has 0 unspecified atom stereocenters. The van der Waals surface area contributed by atoms with Gasteiger partial charge in [-0.05, 0) is 37.6 Å². The van der Waals surface area contributed by atoms with Crippen LogP contribution >= 0.6 is 0 Å². The predicted molar refractivity (Wildman–Crippen MR) is 99.7 cm³/mol. The van der Waals surface area contributed by atoms with Crippen LogP contribution in [0.3, 0.4) is 0 Å². The first-order valence-corrected chi connectivity index (χ1v) is 8.62. The molecule has 0 saturated carbocycles. The summed E-state index contributed by atoms with van der Waals surface area (Å²) in [7, 11) is 0. The molecule has 0 aliphatic carbocycles. The highest BCUT2D eigenvalue weighted by molar-refractivity contribution is 5.93. The Morgan fingerprint density at radius 3 is 2.67 bits per heavy atom. The van der Waals surface area contributed by atoms with Crippen LogP contribution in [0.25, 0.3) is 10.9 Å². The van der Waals surface area contributed by atoms with Crippen molar-refractivity contribution in [3.8, 4) is 0 Å². The maximum atomic E-state index is 13.5. The van der Waals surface area contributed by atoms with Crippen molar-refractivity contribution in [3.63, 3.8) is 0 Å². The molecule has 1 heterocycles. The van der Waals surface area contributed by atoms with Crippen LogP contribution in [-0.2, 0) is 11.3 Å². The van der Waals surface area contributed by atoms with E-state index in [0.717, 1.165) is 17.7 Å². The summed E-state index contributed by atoms with van der Waals surface area (Å²) in [5, 5.41) is 0.498. The molecule has 0 fully saturated rings. The SMILES string of the molecule is CCN(C(=O)CCn1cnc2c(C)cccc2c1=O)c1ccc(F)c(F)c1. The molecule has 0 bridgehead atoms. The molecule has 1 amide bonds. The molecule has 0 spiro atoms. The van der Waals surface area contributed by atoms with Crippen molar-refractivity contribution in [2.24, 2.45) is 0 Å². The lowest BCUT2D eigenvalue weighted by Crippen LogP contribution is -2.32.